The molecule has 1 saturated heterocycles. The predicted octanol–water partition coefficient (Wildman–Crippen LogP) is 0.568. The molecule has 20 heavy (non-hydrogen) atoms. The molecule has 0 atom stereocenters. The van der Waals surface area contributed by atoms with Crippen LogP contribution in [0.3, 0.4) is 0 Å². The number of ketones is 1. The van der Waals surface area contributed by atoms with Crippen LogP contribution in [-0.2, 0) is 9.59 Å². The average molecular weight is 282 g/mol. The van der Waals surface area contributed by atoms with Crippen LogP contribution in [-0.4, -0.2) is 47.0 Å². The Labute approximate surface area is 111 Å². The van der Waals surface area contributed by atoms with Crippen molar-refractivity contribution in [3.05, 3.63) is 35.4 Å². The van der Waals surface area contributed by atoms with Crippen LogP contribution in [0.25, 0.3) is 0 Å². The molecule has 1 aromatic rings. The third-order valence-electron chi connectivity index (χ3n) is 2.78. The molecule has 104 valence electrons. The van der Waals surface area contributed by atoms with Crippen LogP contribution in [0, 0.1) is 11.6 Å². The van der Waals surface area contributed by atoms with E-state index in [0.717, 1.165) is 19.2 Å². The highest BCUT2D eigenvalue weighted by molar-refractivity contribution is 6.45. The molecule has 1 aliphatic rings. The van der Waals surface area contributed by atoms with Crippen LogP contribution in [0.1, 0.15) is 10.4 Å². The Hall–Kier alpha value is -2.64. The number of carbonyl (C=O) groups excluding carboxylic acids is 4. The van der Waals surface area contributed by atoms with E-state index in [-0.39, 0.29) is 0 Å². The predicted molar refractivity (Wildman–Crippen MR) is 60.6 cm³/mol. The highest BCUT2D eigenvalue weighted by Gasteiger charge is 2.43. The maximum absolute atomic E-state index is 13.4. The molecule has 1 aromatic carbocycles. The first-order chi connectivity index (χ1) is 9.32. The van der Waals surface area contributed by atoms with Crippen molar-refractivity contribution in [3.8, 4) is 0 Å². The third-order valence-corrected chi connectivity index (χ3v) is 2.78. The number of halogens is 2. The van der Waals surface area contributed by atoms with Crippen molar-refractivity contribution in [2.45, 2.75) is 0 Å². The van der Waals surface area contributed by atoms with E-state index in [0.29, 0.717) is 15.9 Å². The molecule has 6 nitrogen and oxygen atoms in total. The number of benzene rings is 1. The van der Waals surface area contributed by atoms with Crippen LogP contribution >= 0.6 is 0 Å². The van der Waals surface area contributed by atoms with Crippen LogP contribution in [0.2, 0.25) is 0 Å². The number of amides is 4. The maximum atomic E-state index is 13.4. The fraction of sp³-hybridized carbons (Fsp3) is 0.167. The minimum atomic E-state index is -1.18. The van der Waals surface area contributed by atoms with Gasteiger partial charge in [0.1, 0.15) is 11.6 Å². The largest absolute Gasteiger partial charge is 0.334 e. The number of nitrogens with zero attached hydrogens (tertiary/aromatic N) is 2. The molecule has 0 aromatic heterocycles. The van der Waals surface area contributed by atoms with Gasteiger partial charge in [-0.15, -0.1) is 0 Å². The van der Waals surface area contributed by atoms with Gasteiger partial charge in [0.05, 0.1) is 12.1 Å². The molecule has 0 bridgehead atoms. The Kier molecular flexibility index (Phi) is 3.31. The molecule has 0 saturated carbocycles. The fourth-order valence-corrected chi connectivity index (χ4v) is 1.69. The van der Waals surface area contributed by atoms with Crippen LogP contribution in [0.5, 0.6) is 0 Å². The SMILES string of the molecule is CN1C(=O)C(=O)N(CC(=O)c2cc(F)ccc2F)C1=O. The quantitative estimate of drug-likeness (QED) is 0.461. The summed E-state index contributed by atoms with van der Waals surface area (Å²) in [5, 5.41) is 0. The van der Waals surface area contributed by atoms with Crippen molar-refractivity contribution in [2.24, 2.45) is 0 Å². The lowest BCUT2D eigenvalue weighted by molar-refractivity contribution is -0.142. The summed E-state index contributed by atoms with van der Waals surface area (Å²) in [5.74, 6) is -5.05. The van der Waals surface area contributed by atoms with Gasteiger partial charge in [-0.1, -0.05) is 0 Å². The van der Waals surface area contributed by atoms with Crippen LogP contribution in [0.15, 0.2) is 18.2 Å². The lowest BCUT2D eigenvalue weighted by Crippen LogP contribution is -2.36. The first-order valence-corrected chi connectivity index (χ1v) is 5.44. The lowest BCUT2D eigenvalue weighted by Gasteiger charge is -2.12. The van der Waals surface area contributed by atoms with Gasteiger partial charge in [-0.25, -0.2) is 18.5 Å². The van der Waals surface area contributed by atoms with E-state index in [4.69, 9.17) is 0 Å². The van der Waals surface area contributed by atoms with E-state index < -0.39 is 47.4 Å². The molecule has 4 amide bonds. The lowest BCUT2D eigenvalue weighted by atomic mass is 10.1. The van der Waals surface area contributed by atoms with Gasteiger partial charge < -0.3 is 0 Å². The topological polar surface area (TPSA) is 74.8 Å². The van der Waals surface area contributed by atoms with Gasteiger partial charge in [0.15, 0.2) is 5.78 Å². The molecule has 0 unspecified atom stereocenters. The molecule has 0 aliphatic carbocycles. The van der Waals surface area contributed by atoms with Gasteiger partial charge in [0.2, 0.25) is 0 Å². The summed E-state index contributed by atoms with van der Waals surface area (Å²) in [7, 11) is 1.08. The summed E-state index contributed by atoms with van der Waals surface area (Å²) in [4.78, 5) is 46.9. The molecule has 0 spiro atoms. The average Bonchev–Trinajstić information content (AvgIpc) is 2.59. The first kappa shape index (κ1) is 13.8. The molecule has 1 heterocycles. The molecule has 8 heteroatoms. The van der Waals surface area contributed by atoms with E-state index in [2.05, 4.69) is 0 Å². The monoisotopic (exact) mass is 282 g/mol. The Balaban J connectivity index is 2.24. The number of urea groups is 1. The molecule has 2 rings (SSSR count). The molecule has 0 N–H and O–H groups in total. The highest BCUT2D eigenvalue weighted by atomic mass is 19.1. The minimum absolute atomic E-state index is 0.384. The van der Waals surface area contributed by atoms with Gasteiger partial charge in [0, 0.05) is 7.05 Å². The van der Waals surface area contributed by atoms with Gasteiger partial charge >= 0.3 is 17.8 Å². The second-order valence-corrected chi connectivity index (χ2v) is 4.09. The number of imide groups is 2. The Morgan fingerprint density at radius 3 is 2.35 bits per heavy atom. The normalized spacial score (nSPS) is 15.2. The van der Waals surface area contributed by atoms with Crippen LogP contribution in [0.4, 0.5) is 13.6 Å². The molecule has 0 radical (unpaired) electrons. The number of hydrogen-bond acceptors (Lipinski definition) is 4. The second kappa shape index (κ2) is 4.80. The summed E-state index contributed by atoms with van der Waals surface area (Å²) in [6.07, 6.45) is 0. The fourth-order valence-electron chi connectivity index (χ4n) is 1.69. The number of hydrogen-bond donors (Lipinski definition) is 0. The first-order valence-electron chi connectivity index (χ1n) is 5.44. The number of carbonyl (C=O) groups is 4. The minimum Gasteiger partial charge on any atom is -0.292 e. The summed E-state index contributed by atoms with van der Waals surface area (Å²) in [5.41, 5.74) is -0.590. The number of Topliss-reactive ketones (excluding diaryl/α,β-unsaturated/α-hetero) is 1. The summed E-state index contributed by atoms with van der Waals surface area (Å²) in [6.45, 7) is -0.825. The van der Waals surface area contributed by atoms with E-state index >= 15 is 0 Å². The molecular weight excluding hydrogens is 274 g/mol. The second-order valence-electron chi connectivity index (χ2n) is 4.09. The van der Waals surface area contributed by atoms with Gasteiger partial charge in [-0.05, 0) is 18.2 Å². The van der Waals surface area contributed by atoms with Gasteiger partial charge in [-0.3, -0.25) is 19.3 Å². The van der Waals surface area contributed by atoms with Crippen molar-refractivity contribution in [2.75, 3.05) is 13.6 Å². The summed E-state index contributed by atoms with van der Waals surface area (Å²) < 4.78 is 26.4. The Morgan fingerprint density at radius 2 is 1.80 bits per heavy atom. The van der Waals surface area contributed by atoms with Crippen molar-refractivity contribution < 1.29 is 28.0 Å². The van der Waals surface area contributed by atoms with Crippen molar-refractivity contribution >= 4 is 23.6 Å². The molecular formula is C12H8F2N2O4. The van der Waals surface area contributed by atoms with E-state index in [1.807, 2.05) is 0 Å². The van der Waals surface area contributed by atoms with E-state index in [1.54, 1.807) is 0 Å². The smallest absolute Gasteiger partial charge is 0.292 e. The Bertz CT molecular complexity index is 644. The van der Waals surface area contributed by atoms with Crippen LogP contribution < -0.4 is 0 Å². The zero-order chi connectivity index (χ0) is 15.0. The van der Waals surface area contributed by atoms with Crippen molar-refractivity contribution in [1.82, 2.24) is 9.80 Å². The Morgan fingerprint density at radius 1 is 1.15 bits per heavy atom. The van der Waals surface area contributed by atoms with E-state index in [1.165, 1.54) is 0 Å². The maximum Gasteiger partial charge on any atom is 0.334 e. The van der Waals surface area contributed by atoms with Gasteiger partial charge in [0.25, 0.3) is 0 Å². The van der Waals surface area contributed by atoms with Crippen molar-refractivity contribution in [1.29, 1.82) is 0 Å². The third kappa shape index (κ3) is 2.15. The zero-order valence-electron chi connectivity index (χ0n) is 10.2. The zero-order valence-corrected chi connectivity index (χ0v) is 10.2. The standard InChI is InChI=1S/C12H8F2N2O4/c1-15-10(18)11(19)16(12(15)20)5-9(17)7-4-6(13)2-3-8(7)14/h2-4H,5H2,1H3. The van der Waals surface area contributed by atoms with Gasteiger partial charge in [-0.2, -0.15) is 0 Å². The number of rotatable bonds is 3. The summed E-state index contributed by atoms with van der Waals surface area (Å²) in [6, 6.07) is 1.27. The molecule has 1 aliphatic heterocycles. The highest BCUT2D eigenvalue weighted by Crippen LogP contribution is 2.14. The molecule has 1 fully saturated rings. The van der Waals surface area contributed by atoms with E-state index in [9.17, 15) is 28.0 Å². The number of likely N-dealkylation sites (N-methyl/N-ethyl adjacent to an activating group) is 1. The summed E-state index contributed by atoms with van der Waals surface area (Å²) >= 11 is 0. The van der Waals surface area contributed by atoms with Crippen molar-refractivity contribution in [3.63, 3.8) is 0 Å².